The monoisotopic (exact) mass is 560 g/mol. The van der Waals surface area contributed by atoms with Crippen molar-refractivity contribution in [1.29, 1.82) is 0 Å². The maximum atomic E-state index is 6.92. The van der Waals surface area contributed by atoms with E-state index in [4.69, 9.17) is 8.85 Å². The molecule has 37 heavy (non-hydrogen) atoms. The molecule has 0 aliphatic heterocycles. The Morgan fingerprint density at radius 2 is 0.838 bits per heavy atom. The zero-order chi connectivity index (χ0) is 27.5. The molecule has 0 heterocycles. The summed E-state index contributed by atoms with van der Waals surface area (Å²) in [5.74, 6) is 0.927. The summed E-state index contributed by atoms with van der Waals surface area (Å²) in [5.41, 5.74) is 0. The molecular formula is C31H68N2O2SSi. The zero-order valence-corrected chi connectivity index (χ0v) is 27.9. The molecule has 0 atom stereocenters. The lowest BCUT2D eigenvalue weighted by Crippen LogP contribution is -2.46. The molecule has 0 unspecified atom stereocenters. The topological polar surface area (TPSA) is 24.9 Å². The predicted octanol–water partition coefficient (Wildman–Crippen LogP) is 8.95. The quantitative estimate of drug-likeness (QED) is 0.0538. The van der Waals surface area contributed by atoms with Crippen molar-refractivity contribution in [3.63, 3.8) is 0 Å². The van der Waals surface area contributed by atoms with E-state index in [1.165, 1.54) is 116 Å². The SMILES string of the molecule is CCCCCCCC[Si](CCCS)(OCCN(CCCC)CCCC)OCCN(CCCC)CCCC. The van der Waals surface area contributed by atoms with Crippen molar-refractivity contribution >= 4 is 21.2 Å². The summed E-state index contributed by atoms with van der Waals surface area (Å²) in [5, 5.41) is 0. The van der Waals surface area contributed by atoms with Gasteiger partial charge in [-0.2, -0.15) is 12.6 Å². The Labute approximate surface area is 240 Å². The smallest absolute Gasteiger partial charge is 0.338 e. The van der Waals surface area contributed by atoms with E-state index in [1.807, 2.05) is 0 Å². The lowest BCUT2D eigenvalue weighted by atomic mass is 10.1. The van der Waals surface area contributed by atoms with Crippen LogP contribution in [0.4, 0.5) is 0 Å². The molecule has 224 valence electrons. The van der Waals surface area contributed by atoms with Gasteiger partial charge in [0.15, 0.2) is 0 Å². The van der Waals surface area contributed by atoms with Gasteiger partial charge < -0.3 is 18.7 Å². The first kappa shape index (κ1) is 37.4. The minimum atomic E-state index is -2.25. The molecule has 0 aromatic rings. The predicted molar refractivity (Wildman–Crippen MR) is 172 cm³/mol. The van der Waals surface area contributed by atoms with Gasteiger partial charge in [-0.3, -0.25) is 0 Å². The van der Waals surface area contributed by atoms with Crippen LogP contribution in [0.15, 0.2) is 0 Å². The summed E-state index contributed by atoms with van der Waals surface area (Å²) >= 11 is 4.58. The van der Waals surface area contributed by atoms with Gasteiger partial charge in [-0.05, 0) is 76.1 Å². The summed E-state index contributed by atoms with van der Waals surface area (Å²) in [6.07, 6.45) is 19.3. The van der Waals surface area contributed by atoms with Gasteiger partial charge in [-0.25, -0.2) is 0 Å². The van der Waals surface area contributed by atoms with E-state index in [2.05, 4.69) is 57.0 Å². The van der Waals surface area contributed by atoms with Crippen molar-refractivity contribution < 1.29 is 8.85 Å². The fourth-order valence-electron chi connectivity index (χ4n) is 4.90. The molecule has 0 bridgehead atoms. The Morgan fingerprint density at radius 3 is 1.24 bits per heavy atom. The van der Waals surface area contributed by atoms with E-state index in [-0.39, 0.29) is 0 Å². The minimum absolute atomic E-state index is 0.831. The molecule has 0 aromatic carbocycles. The molecule has 0 spiro atoms. The molecule has 0 aromatic heterocycles. The first-order valence-corrected chi connectivity index (χ1v) is 19.3. The normalized spacial score (nSPS) is 12.3. The minimum Gasteiger partial charge on any atom is -0.393 e. The standard InChI is InChI=1S/C31H68N2O2SSi/c1-6-11-16-17-18-19-30-37(31-20-29-36,34-27-25-32(21-12-7-2)22-13-8-3)35-28-26-33(23-14-9-4)24-15-10-5/h36H,6-31H2,1-5H3. The largest absolute Gasteiger partial charge is 0.393 e. The zero-order valence-electron chi connectivity index (χ0n) is 26.0. The van der Waals surface area contributed by atoms with Gasteiger partial charge >= 0.3 is 8.56 Å². The van der Waals surface area contributed by atoms with E-state index < -0.39 is 8.56 Å². The van der Waals surface area contributed by atoms with Crippen LogP contribution in [-0.4, -0.2) is 76.6 Å². The molecule has 0 rings (SSSR count). The average Bonchev–Trinajstić information content (AvgIpc) is 2.91. The molecule has 0 aliphatic carbocycles. The Balaban J connectivity index is 5.20. The third kappa shape index (κ3) is 21.9. The summed E-state index contributed by atoms with van der Waals surface area (Å²) in [7, 11) is -2.25. The number of rotatable bonds is 30. The van der Waals surface area contributed by atoms with Crippen molar-refractivity contribution in [2.45, 2.75) is 143 Å². The highest BCUT2D eigenvalue weighted by atomic mass is 32.1. The summed E-state index contributed by atoms with van der Waals surface area (Å²) in [6, 6.07) is 2.25. The summed E-state index contributed by atoms with van der Waals surface area (Å²) in [6.45, 7) is 20.0. The van der Waals surface area contributed by atoms with E-state index in [1.54, 1.807) is 0 Å². The van der Waals surface area contributed by atoms with Crippen molar-refractivity contribution in [3.05, 3.63) is 0 Å². The van der Waals surface area contributed by atoms with Crippen LogP contribution in [0, 0.1) is 0 Å². The highest BCUT2D eigenvalue weighted by Crippen LogP contribution is 2.26. The van der Waals surface area contributed by atoms with Gasteiger partial charge in [0.25, 0.3) is 0 Å². The van der Waals surface area contributed by atoms with Gasteiger partial charge in [0.05, 0.1) is 0 Å². The third-order valence-electron chi connectivity index (χ3n) is 7.48. The van der Waals surface area contributed by atoms with Crippen molar-refractivity contribution in [2.75, 3.05) is 58.2 Å². The number of hydrogen-bond acceptors (Lipinski definition) is 5. The van der Waals surface area contributed by atoms with Gasteiger partial charge in [0, 0.05) is 26.3 Å². The lowest BCUT2D eigenvalue weighted by Gasteiger charge is -2.33. The lowest BCUT2D eigenvalue weighted by molar-refractivity contribution is 0.123. The van der Waals surface area contributed by atoms with E-state index >= 15 is 0 Å². The van der Waals surface area contributed by atoms with Crippen molar-refractivity contribution in [2.24, 2.45) is 0 Å². The number of hydrogen-bond donors (Lipinski definition) is 1. The highest BCUT2D eigenvalue weighted by Gasteiger charge is 2.36. The van der Waals surface area contributed by atoms with Crippen LogP contribution < -0.4 is 0 Å². The second kappa shape index (κ2) is 28.0. The van der Waals surface area contributed by atoms with Crippen LogP contribution in [0.1, 0.15) is 131 Å². The van der Waals surface area contributed by atoms with Gasteiger partial charge in [0.1, 0.15) is 0 Å². The second-order valence-corrected chi connectivity index (χ2v) is 14.9. The Hall–Kier alpha value is 0.407. The van der Waals surface area contributed by atoms with Gasteiger partial charge in [-0.15, -0.1) is 0 Å². The maximum Gasteiger partial charge on any atom is 0.338 e. The molecule has 0 fully saturated rings. The summed E-state index contributed by atoms with van der Waals surface area (Å²) in [4.78, 5) is 5.26. The number of nitrogens with zero attached hydrogens (tertiary/aromatic N) is 2. The number of thiol groups is 1. The van der Waals surface area contributed by atoms with Crippen molar-refractivity contribution in [1.82, 2.24) is 9.80 Å². The van der Waals surface area contributed by atoms with Crippen LogP contribution in [0.5, 0.6) is 0 Å². The molecule has 0 saturated carbocycles. The van der Waals surface area contributed by atoms with Crippen LogP contribution in [0.25, 0.3) is 0 Å². The molecule has 0 aliphatic rings. The molecule has 0 saturated heterocycles. The highest BCUT2D eigenvalue weighted by molar-refractivity contribution is 7.80. The van der Waals surface area contributed by atoms with Crippen LogP contribution >= 0.6 is 12.6 Å². The second-order valence-electron chi connectivity index (χ2n) is 11.1. The van der Waals surface area contributed by atoms with Crippen molar-refractivity contribution in [3.8, 4) is 0 Å². The first-order chi connectivity index (χ1) is 18.1. The molecule has 0 N–H and O–H groups in total. The Morgan fingerprint density at radius 1 is 0.459 bits per heavy atom. The molecule has 6 heteroatoms. The fraction of sp³-hybridized carbons (Fsp3) is 1.00. The maximum absolute atomic E-state index is 6.92. The third-order valence-corrected chi connectivity index (χ3v) is 11.5. The average molecular weight is 561 g/mol. The van der Waals surface area contributed by atoms with E-state index in [0.717, 1.165) is 50.6 Å². The van der Waals surface area contributed by atoms with Gasteiger partial charge in [-0.1, -0.05) is 98.8 Å². The molecular weight excluding hydrogens is 493 g/mol. The number of unbranched alkanes of at least 4 members (excludes halogenated alkanes) is 9. The Bertz CT molecular complexity index is 417. The molecule has 4 nitrogen and oxygen atoms in total. The fourth-order valence-corrected chi connectivity index (χ4v) is 8.69. The van der Waals surface area contributed by atoms with Crippen LogP contribution in [0.2, 0.25) is 12.1 Å². The molecule has 0 amide bonds. The molecule has 0 radical (unpaired) electrons. The first-order valence-electron chi connectivity index (χ1n) is 16.4. The summed E-state index contributed by atoms with van der Waals surface area (Å²) < 4.78 is 13.8. The van der Waals surface area contributed by atoms with E-state index in [9.17, 15) is 0 Å². The van der Waals surface area contributed by atoms with E-state index in [0.29, 0.717) is 0 Å². The Kier molecular flexibility index (Phi) is 28.3. The van der Waals surface area contributed by atoms with Crippen LogP contribution in [0.3, 0.4) is 0 Å². The van der Waals surface area contributed by atoms with Gasteiger partial charge in [0.2, 0.25) is 0 Å². The van der Waals surface area contributed by atoms with Crippen LogP contribution in [-0.2, 0) is 8.85 Å².